The summed E-state index contributed by atoms with van der Waals surface area (Å²) < 4.78 is 4.82. The van der Waals surface area contributed by atoms with E-state index in [1.165, 1.54) is 5.54 Å². The van der Waals surface area contributed by atoms with Crippen LogP contribution in [-0.2, 0) is 9.53 Å². The summed E-state index contributed by atoms with van der Waals surface area (Å²) in [6.45, 7) is 4.39. The Hall–Kier alpha value is -0.580. The first-order valence-corrected chi connectivity index (χ1v) is 5.46. The van der Waals surface area contributed by atoms with E-state index in [1.807, 2.05) is 11.0 Å². The van der Waals surface area contributed by atoms with Crippen LogP contribution in [0.1, 0.15) is 0 Å². The third kappa shape index (κ3) is 4.20. The van der Waals surface area contributed by atoms with Crippen LogP contribution in [0.4, 0.5) is 0 Å². The molecule has 1 saturated heterocycles. The van der Waals surface area contributed by atoms with Gasteiger partial charge in [0.2, 0.25) is 5.91 Å². The number of nitrogens with zero attached hydrogens (tertiary/aromatic N) is 2. The zero-order chi connectivity index (χ0) is 11.1. The van der Waals surface area contributed by atoms with Gasteiger partial charge < -0.3 is 9.64 Å². The number of hydrogen-bond donors (Lipinski definition) is 0. The van der Waals surface area contributed by atoms with Gasteiger partial charge in [0.1, 0.15) is 6.61 Å². The lowest BCUT2D eigenvalue weighted by molar-refractivity contribution is -0.136. The van der Waals surface area contributed by atoms with Crippen LogP contribution in [0.25, 0.3) is 0 Å². The highest BCUT2D eigenvalue weighted by atomic mass is 35.5. The van der Waals surface area contributed by atoms with Gasteiger partial charge in [0.15, 0.2) is 0 Å². The van der Waals surface area contributed by atoms with Crippen LogP contribution in [0.15, 0.2) is 11.6 Å². The molecule has 0 radical (unpaired) electrons. The Morgan fingerprint density at radius 3 is 2.60 bits per heavy atom. The Balaban J connectivity index is 2.26. The molecular formula is C10H17ClN2O2. The number of methoxy groups -OCH3 is 1. The van der Waals surface area contributed by atoms with Crippen molar-refractivity contribution in [2.24, 2.45) is 0 Å². The van der Waals surface area contributed by atoms with Crippen molar-refractivity contribution >= 4 is 17.5 Å². The largest absolute Gasteiger partial charge is 0.375 e. The number of halogens is 1. The third-order valence-corrected chi connectivity index (χ3v) is 2.62. The summed E-state index contributed by atoms with van der Waals surface area (Å²) in [5.41, 5.74) is 1.53. The number of ether oxygens (including phenoxy) is 1. The van der Waals surface area contributed by atoms with Crippen molar-refractivity contribution in [2.45, 2.75) is 0 Å². The minimum atomic E-state index is 0.0741. The summed E-state index contributed by atoms with van der Waals surface area (Å²) in [5.74, 6) is 0.0741. The molecule has 1 aliphatic rings. The summed E-state index contributed by atoms with van der Waals surface area (Å²) in [5, 5.41) is 0. The molecule has 0 aromatic carbocycles. The highest BCUT2D eigenvalue weighted by Crippen LogP contribution is 2.02. The summed E-state index contributed by atoms with van der Waals surface area (Å²) in [4.78, 5) is 15.6. The molecule has 0 saturated carbocycles. The number of amides is 1. The average molecular weight is 233 g/mol. The van der Waals surface area contributed by atoms with Crippen LogP contribution >= 0.6 is 11.6 Å². The second-order valence-electron chi connectivity index (χ2n) is 3.48. The van der Waals surface area contributed by atoms with E-state index >= 15 is 0 Å². The van der Waals surface area contributed by atoms with E-state index in [0.717, 1.165) is 32.7 Å². The van der Waals surface area contributed by atoms with Crippen molar-refractivity contribution in [1.82, 2.24) is 9.80 Å². The molecule has 0 bridgehead atoms. The van der Waals surface area contributed by atoms with Gasteiger partial charge in [-0.05, 0) is 0 Å². The standard InChI is InChI=1S/C10H17ClN2O2/c1-15-9-10(14)13-7-5-12(6-8-13)4-2-3-11/h2-3H,4-9H2,1H3/b3-2+. The van der Waals surface area contributed by atoms with Crippen LogP contribution in [0.3, 0.4) is 0 Å². The Morgan fingerprint density at radius 1 is 1.40 bits per heavy atom. The zero-order valence-corrected chi connectivity index (χ0v) is 9.74. The van der Waals surface area contributed by atoms with Gasteiger partial charge in [0.05, 0.1) is 0 Å². The second kappa shape index (κ2) is 6.82. The molecule has 0 aliphatic carbocycles. The van der Waals surface area contributed by atoms with E-state index in [1.54, 1.807) is 7.11 Å². The molecule has 86 valence electrons. The Bertz CT molecular complexity index is 225. The zero-order valence-electron chi connectivity index (χ0n) is 8.99. The quantitative estimate of drug-likeness (QED) is 0.709. The minimum absolute atomic E-state index is 0.0741. The topological polar surface area (TPSA) is 32.8 Å². The highest BCUT2D eigenvalue weighted by Gasteiger charge is 2.19. The lowest BCUT2D eigenvalue weighted by atomic mass is 10.3. The van der Waals surface area contributed by atoms with Crippen molar-refractivity contribution in [3.05, 3.63) is 11.6 Å². The van der Waals surface area contributed by atoms with Gasteiger partial charge in [-0.3, -0.25) is 9.69 Å². The maximum absolute atomic E-state index is 11.5. The fourth-order valence-corrected chi connectivity index (χ4v) is 1.66. The number of piperazine rings is 1. The van der Waals surface area contributed by atoms with Gasteiger partial charge in [-0.2, -0.15) is 0 Å². The van der Waals surface area contributed by atoms with Crippen LogP contribution in [0, 0.1) is 0 Å². The molecule has 0 unspecified atom stereocenters. The molecule has 0 spiro atoms. The van der Waals surface area contributed by atoms with Crippen molar-refractivity contribution in [2.75, 3.05) is 46.4 Å². The lowest BCUT2D eigenvalue weighted by Crippen LogP contribution is -2.49. The van der Waals surface area contributed by atoms with E-state index in [4.69, 9.17) is 16.3 Å². The van der Waals surface area contributed by atoms with Crippen molar-refractivity contribution in [3.63, 3.8) is 0 Å². The summed E-state index contributed by atoms with van der Waals surface area (Å²) in [6, 6.07) is 0. The van der Waals surface area contributed by atoms with Gasteiger partial charge in [0.25, 0.3) is 0 Å². The van der Waals surface area contributed by atoms with Crippen LogP contribution in [0.2, 0.25) is 0 Å². The van der Waals surface area contributed by atoms with E-state index in [9.17, 15) is 4.79 Å². The van der Waals surface area contributed by atoms with Crippen molar-refractivity contribution < 1.29 is 9.53 Å². The molecule has 5 heteroatoms. The first-order chi connectivity index (χ1) is 7.27. The molecule has 4 nitrogen and oxygen atoms in total. The molecule has 0 aromatic rings. The van der Waals surface area contributed by atoms with Gasteiger partial charge in [-0.1, -0.05) is 17.7 Å². The molecule has 1 rings (SSSR count). The van der Waals surface area contributed by atoms with Crippen LogP contribution in [0.5, 0.6) is 0 Å². The molecule has 1 heterocycles. The Kier molecular flexibility index (Phi) is 5.68. The average Bonchev–Trinajstić information content (AvgIpc) is 2.27. The second-order valence-corrected chi connectivity index (χ2v) is 3.73. The molecule has 0 N–H and O–H groups in total. The van der Waals surface area contributed by atoms with E-state index in [-0.39, 0.29) is 12.5 Å². The SMILES string of the molecule is COCC(=O)N1CCN(C/C=C/Cl)CC1. The molecule has 1 fully saturated rings. The van der Waals surface area contributed by atoms with E-state index in [0.29, 0.717) is 0 Å². The molecule has 0 atom stereocenters. The third-order valence-electron chi connectivity index (χ3n) is 2.45. The Labute approximate surface area is 95.4 Å². The van der Waals surface area contributed by atoms with Gasteiger partial charge >= 0.3 is 0 Å². The normalized spacial score (nSPS) is 18.7. The smallest absolute Gasteiger partial charge is 0.248 e. The number of carbonyl (C=O) groups excluding carboxylic acids is 1. The number of carbonyl (C=O) groups is 1. The molecule has 0 aromatic heterocycles. The highest BCUT2D eigenvalue weighted by molar-refractivity contribution is 6.25. The first kappa shape index (κ1) is 12.5. The molecule has 15 heavy (non-hydrogen) atoms. The predicted octanol–water partition coefficient (Wildman–Crippen LogP) is 0.530. The monoisotopic (exact) mass is 232 g/mol. The minimum Gasteiger partial charge on any atom is -0.375 e. The van der Waals surface area contributed by atoms with Gasteiger partial charge in [0, 0.05) is 45.4 Å². The van der Waals surface area contributed by atoms with Gasteiger partial charge in [-0.25, -0.2) is 0 Å². The van der Waals surface area contributed by atoms with E-state index < -0.39 is 0 Å². The predicted molar refractivity (Wildman–Crippen MR) is 59.9 cm³/mol. The number of hydrogen-bond acceptors (Lipinski definition) is 3. The summed E-state index contributed by atoms with van der Waals surface area (Å²) >= 11 is 5.45. The van der Waals surface area contributed by atoms with Crippen LogP contribution in [-0.4, -0.2) is 62.1 Å². The van der Waals surface area contributed by atoms with Crippen LogP contribution < -0.4 is 0 Å². The van der Waals surface area contributed by atoms with E-state index in [2.05, 4.69) is 4.90 Å². The Morgan fingerprint density at radius 2 is 2.07 bits per heavy atom. The molecular weight excluding hydrogens is 216 g/mol. The summed E-state index contributed by atoms with van der Waals surface area (Å²) in [6.07, 6.45) is 1.91. The van der Waals surface area contributed by atoms with Gasteiger partial charge in [-0.15, -0.1) is 0 Å². The fourth-order valence-electron chi connectivity index (χ4n) is 1.58. The number of rotatable bonds is 4. The first-order valence-electron chi connectivity index (χ1n) is 5.02. The maximum Gasteiger partial charge on any atom is 0.248 e. The maximum atomic E-state index is 11.5. The summed E-state index contributed by atoms with van der Waals surface area (Å²) in [7, 11) is 1.54. The van der Waals surface area contributed by atoms with Crippen molar-refractivity contribution in [1.29, 1.82) is 0 Å². The molecule has 1 aliphatic heterocycles. The molecule has 1 amide bonds. The fraction of sp³-hybridized carbons (Fsp3) is 0.700. The lowest BCUT2D eigenvalue weighted by Gasteiger charge is -2.33. The van der Waals surface area contributed by atoms with Crippen molar-refractivity contribution in [3.8, 4) is 0 Å².